The SMILES string of the molecule is CCOC(=O)C(C)(C)n1c(Cc2cccc(Cl)c2)nc2sc3c(c2c1=O)CCC3. The molecule has 0 amide bonds. The third kappa shape index (κ3) is 3.49. The molecule has 0 radical (unpaired) electrons. The van der Waals surface area contributed by atoms with Gasteiger partial charge in [0.1, 0.15) is 16.2 Å². The molecule has 0 saturated carbocycles. The number of fused-ring (bicyclic) bond motifs is 3. The van der Waals surface area contributed by atoms with Crippen LogP contribution in [-0.4, -0.2) is 22.1 Å². The number of aryl methyl sites for hydroxylation is 2. The fourth-order valence-corrected chi connectivity index (χ4v) is 5.49. The van der Waals surface area contributed by atoms with Crippen LogP contribution in [0.4, 0.5) is 0 Å². The number of nitrogens with zero attached hydrogens (tertiary/aromatic N) is 2. The number of benzene rings is 1. The number of aromatic nitrogens is 2. The monoisotopic (exact) mass is 430 g/mol. The second-order valence-corrected chi connectivity index (χ2v) is 9.31. The van der Waals surface area contributed by atoms with Crippen molar-refractivity contribution in [3.63, 3.8) is 0 Å². The average Bonchev–Trinajstić information content (AvgIpc) is 3.22. The summed E-state index contributed by atoms with van der Waals surface area (Å²) in [6.45, 7) is 5.45. The Morgan fingerprint density at radius 1 is 1.34 bits per heavy atom. The van der Waals surface area contributed by atoms with Crippen LogP contribution in [0.2, 0.25) is 5.02 Å². The van der Waals surface area contributed by atoms with Crippen molar-refractivity contribution in [2.75, 3.05) is 6.61 Å². The number of ether oxygens (including phenoxy) is 1. The topological polar surface area (TPSA) is 61.2 Å². The molecule has 0 N–H and O–H groups in total. The molecule has 4 rings (SSSR count). The Kier molecular flexibility index (Phi) is 5.25. The molecule has 2 aromatic heterocycles. The summed E-state index contributed by atoms with van der Waals surface area (Å²) in [5, 5.41) is 1.28. The summed E-state index contributed by atoms with van der Waals surface area (Å²) in [5.74, 6) is 0.102. The highest BCUT2D eigenvalue weighted by atomic mass is 35.5. The van der Waals surface area contributed by atoms with E-state index in [1.165, 1.54) is 9.44 Å². The maximum Gasteiger partial charge on any atom is 0.331 e. The van der Waals surface area contributed by atoms with Crippen LogP contribution in [0.1, 0.15) is 49.0 Å². The van der Waals surface area contributed by atoms with Crippen LogP contribution in [0.15, 0.2) is 29.1 Å². The summed E-state index contributed by atoms with van der Waals surface area (Å²) in [7, 11) is 0. The van der Waals surface area contributed by atoms with Crippen molar-refractivity contribution in [1.82, 2.24) is 9.55 Å². The Morgan fingerprint density at radius 3 is 2.86 bits per heavy atom. The lowest BCUT2D eigenvalue weighted by atomic mass is 10.0. The molecule has 0 fully saturated rings. The van der Waals surface area contributed by atoms with Gasteiger partial charge >= 0.3 is 5.97 Å². The fourth-order valence-electron chi connectivity index (χ4n) is 4.01. The molecule has 152 valence electrons. The maximum atomic E-state index is 13.7. The number of halogens is 1. The highest BCUT2D eigenvalue weighted by molar-refractivity contribution is 7.18. The Balaban J connectivity index is 1.95. The van der Waals surface area contributed by atoms with Crippen molar-refractivity contribution in [1.29, 1.82) is 0 Å². The second kappa shape index (κ2) is 7.58. The first-order valence-corrected chi connectivity index (χ1v) is 11.0. The minimum atomic E-state index is -1.17. The van der Waals surface area contributed by atoms with E-state index in [0.29, 0.717) is 22.7 Å². The number of rotatable bonds is 5. The largest absolute Gasteiger partial charge is 0.464 e. The Morgan fingerprint density at radius 2 is 2.14 bits per heavy atom. The van der Waals surface area contributed by atoms with Gasteiger partial charge in [-0.25, -0.2) is 9.78 Å². The number of thiophene rings is 1. The molecule has 1 aromatic carbocycles. The van der Waals surface area contributed by atoms with Crippen LogP contribution in [0.5, 0.6) is 0 Å². The molecular formula is C22H23ClN2O3S. The first-order valence-electron chi connectivity index (χ1n) is 9.81. The molecular weight excluding hydrogens is 408 g/mol. The number of hydrogen-bond donors (Lipinski definition) is 0. The van der Waals surface area contributed by atoms with Crippen LogP contribution < -0.4 is 5.56 Å². The Hall–Kier alpha value is -2.18. The van der Waals surface area contributed by atoms with Gasteiger partial charge in [-0.2, -0.15) is 0 Å². The van der Waals surface area contributed by atoms with Gasteiger partial charge in [-0.1, -0.05) is 23.7 Å². The lowest BCUT2D eigenvalue weighted by Crippen LogP contribution is -2.46. The summed E-state index contributed by atoms with van der Waals surface area (Å²) in [4.78, 5) is 33.3. The molecule has 0 spiro atoms. The number of hydrogen-bond acceptors (Lipinski definition) is 5. The molecule has 0 aliphatic heterocycles. The van der Waals surface area contributed by atoms with Gasteiger partial charge in [-0.3, -0.25) is 9.36 Å². The van der Waals surface area contributed by atoms with E-state index < -0.39 is 11.5 Å². The highest BCUT2D eigenvalue weighted by Gasteiger charge is 2.36. The Labute approximate surface area is 178 Å². The lowest BCUT2D eigenvalue weighted by molar-refractivity contribution is -0.152. The first-order chi connectivity index (χ1) is 13.8. The van der Waals surface area contributed by atoms with E-state index >= 15 is 0 Å². The fraction of sp³-hybridized carbons (Fsp3) is 0.409. The van der Waals surface area contributed by atoms with Crippen LogP contribution in [0.3, 0.4) is 0 Å². The second-order valence-electron chi connectivity index (χ2n) is 7.79. The molecule has 0 bridgehead atoms. The zero-order chi connectivity index (χ0) is 20.8. The summed E-state index contributed by atoms with van der Waals surface area (Å²) >= 11 is 7.75. The number of carbonyl (C=O) groups is 1. The number of carbonyl (C=O) groups excluding carboxylic acids is 1. The van der Waals surface area contributed by atoms with E-state index in [-0.39, 0.29) is 12.2 Å². The summed E-state index contributed by atoms with van der Waals surface area (Å²) < 4.78 is 6.81. The summed E-state index contributed by atoms with van der Waals surface area (Å²) in [6, 6.07) is 7.47. The van der Waals surface area contributed by atoms with Crippen LogP contribution in [0.25, 0.3) is 10.2 Å². The summed E-state index contributed by atoms with van der Waals surface area (Å²) in [6.07, 6.45) is 3.33. The normalized spacial score (nSPS) is 13.7. The average molecular weight is 431 g/mol. The van der Waals surface area contributed by atoms with Gasteiger partial charge in [-0.05, 0) is 63.3 Å². The third-order valence-electron chi connectivity index (χ3n) is 5.39. The molecule has 5 nitrogen and oxygen atoms in total. The molecule has 1 aliphatic rings. The zero-order valence-electron chi connectivity index (χ0n) is 16.8. The van der Waals surface area contributed by atoms with E-state index in [9.17, 15) is 9.59 Å². The minimum Gasteiger partial charge on any atom is -0.464 e. The molecule has 7 heteroatoms. The van der Waals surface area contributed by atoms with Gasteiger partial charge in [0.05, 0.1) is 12.0 Å². The van der Waals surface area contributed by atoms with E-state index in [1.807, 2.05) is 18.2 Å². The van der Waals surface area contributed by atoms with Crippen molar-refractivity contribution in [2.24, 2.45) is 0 Å². The van der Waals surface area contributed by atoms with E-state index in [0.717, 1.165) is 35.2 Å². The van der Waals surface area contributed by atoms with Crippen LogP contribution >= 0.6 is 22.9 Å². The predicted octanol–water partition coefficient (Wildman–Crippen LogP) is 4.49. The first kappa shape index (κ1) is 20.1. The van der Waals surface area contributed by atoms with Crippen molar-refractivity contribution >= 4 is 39.1 Å². The smallest absolute Gasteiger partial charge is 0.331 e. The van der Waals surface area contributed by atoms with Crippen LogP contribution in [0, 0.1) is 0 Å². The summed E-state index contributed by atoms with van der Waals surface area (Å²) in [5.41, 5.74) is 0.700. The van der Waals surface area contributed by atoms with E-state index in [4.69, 9.17) is 21.3 Å². The standard InChI is InChI=1S/C22H23ClN2O3S/c1-4-28-21(27)22(2,3)25-17(12-13-7-5-8-14(23)11-13)24-19-18(20(25)26)15-9-6-10-16(15)29-19/h5,7-8,11H,4,6,9-10,12H2,1-3H3. The molecule has 0 unspecified atom stereocenters. The molecule has 29 heavy (non-hydrogen) atoms. The van der Waals surface area contributed by atoms with Gasteiger partial charge in [0.15, 0.2) is 0 Å². The molecule has 0 saturated heterocycles. The molecule has 3 aromatic rings. The lowest BCUT2D eigenvalue weighted by Gasteiger charge is -2.27. The highest BCUT2D eigenvalue weighted by Crippen LogP contribution is 2.35. The van der Waals surface area contributed by atoms with Gasteiger partial charge < -0.3 is 4.74 Å². The number of esters is 1. The van der Waals surface area contributed by atoms with E-state index in [2.05, 4.69) is 0 Å². The zero-order valence-corrected chi connectivity index (χ0v) is 18.3. The molecule has 2 heterocycles. The van der Waals surface area contributed by atoms with E-state index in [1.54, 1.807) is 38.2 Å². The van der Waals surface area contributed by atoms with Gasteiger partial charge in [0, 0.05) is 16.3 Å². The molecule has 0 atom stereocenters. The van der Waals surface area contributed by atoms with Crippen molar-refractivity contribution in [2.45, 2.75) is 52.0 Å². The van der Waals surface area contributed by atoms with Crippen molar-refractivity contribution in [3.05, 3.63) is 61.5 Å². The third-order valence-corrected chi connectivity index (χ3v) is 6.81. The Bertz CT molecular complexity index is 1160. The van der Waals surface area contributed by atoms with Crippen molar-refractivity contribution in [3.8, 4) is 0 Å². The van der Waals surface area contributed by atoms with Gasteiger partial charge in [0.2, 0.25) is 0 Å². The van der Waals surface area contributed by atoms with Gasteiger partial charge in [-0.15, -0.1) is 11.3 Å². The molecule has 1 aliphatic carbocycles. The predicted molar refractivity (Wildman–Crippen MR) is 116 cm³/mol. The maximum absolute atomic E-state index is 13.7. The van der Waals surface area contributed by atoms with Gasteiger partial charge in [0.25, 0.3) is 5.56 Å². The quantitative estimate of drug-likeness (QED) is 0.559. The van der Waals surface area contributed by atoms with Crippen LogP contribution in [-0.2, 0) is 34.3 Å². The minimum absolute atomic E-state index is 0.163. The van der Waals surface area contributed by atoms with Crippen molar-refractivity contribution < 1.29 is 9.53 Å².